The normalized spacial score (nSPS) is 10.3. The van der Waals surface area contributed by atoms with Crippen LogP contribution in [0.25, 0.3) is 0 Å². The minimum Gasteiger partial charge on any atom is -0.493 e. The van der Waals surface area contributed by atoms with Gasteiger partial charge in [-0.15, -0.1) is 0 Å². The molecule has 2 aromatic carbocycles. The van der Waals surface area contributed by atoms with Crippen LogP contribution in [0.1, 0.15) is 15.9 Å². The van der Waals surface area contributed by atoms with Gasteiger partial charge in [0.25, 0.3) is 5.91 Å². The first-order valence-corrected chi connectivity index (χ1v) is 8.45. The first kappa shape index (κ1) is 17.9. The van der Waals surface area contributed by atoms with Crippen molar-refractivity contribution in [2.45, 2.75) is 6.42 Å². The van der Waals surface area contributed by atoms with Crippen molar-refractivity contribution < 1.29 is 14.3 Å². The highest BCUT2D eigenvalue weighted by Crippen LogP contribution is 2.31. The molecule has 0 aliphatic carbocycles. The summed E-state index contributed by atoms with van der Waals surface area (Å²) in [6.07, 6.45) is 0.718. The lowest BCUT2D eigenvalue weighted by Crippen LogP contribution is -2.26. The molecule has 0 atom stereocenters. The molecule has 0 bridgehead atoms. The Labute approximate surface area is 154 Å². The largest absolute Gasteiger partial charge is 0.493 e. The summed E-state index contributed by atoms with van der Waals surface area (Å²) < 4.78 is 11.3. The molecule has 2 rings (SSSR count). The fourth-order valence-electron chi connectivity index (χ4n) is 2.14. The summed E-state index contributed by atoms with van der Waals surface area (Å²) >= 11 is 8.06. The highest BCUT2D eigenvalue weighted by Gasteiger charge is 2.15. The fraction of sp³-hybridized carbons (Fsp3) is 0.235. The van der Waals surface area contributed by atoms with E-state index in [1.54, 1.807) is 26.4 Å². The van der Waals surface area contributed by atoms with Crippen molar-refractivity contribution in [1.82, 2.24) is 5.32 Å². The van der Waals surface area contributed by atoms with Crippen LogP contribution in [0, 0.1) is 3.57 Å². The number of carbonyl (C=O) groups excluding carboxylic acids is 1. The molecule has 0 saturated heterocycles. The van der Waals surface area contributed by atoms with Gasteiger partial charge in [-0.2, -0.15) is 0 Å². The first-order chi connectivity index (χ1) is 11.0. The van der Waals surface area contributed by atoms with Crippen molar-refractivity contribution in [3.63, 3.8) is 0 Å². The number of nitrogens with one attached hydrogen (secondary N) is 1. The third-order valence-electron chi connectivity index (χ3n) is 3.31. The Hall–Kier alpha value is -1.47. The molecule has 0 aliphatic rings. The lowest BCUT2D eigenvalue weighted by Gasteiger charge is -2.12. The molecule has 0 heterocycles. The first-order valence-electron chi connectivity index (χ1n) is 6.99. The molecule has 122 valence electrons. The van der Waals surface area contributed by atoms with Crippen molar-refractivity contribution in [2.24, 2.45) is 0 Å². The van der Waals surface area contributed by atoms with Crippen LogP contribution in [0.5, 0.6) is 11.5 Å². The molecule has 0 spiro atoms. The zero-order valence-electron chi connectivity index (χ0n) is 12.9. The van der Waals surface area contributed by atoms with E-state index < -0.39 is 0 Å². The third kappa shape index (κ3) is 4.75. The van der Waals surface area contributed by atoms with Gasteiger partial charge in [-0.05, 0) is 58.8 Å². The van der Waals surface area contributed by atoms with Gasteiger partial charge in [0.1, 0.15) is 0 Å². The Morgan fingerprint density at radius 2 is 1.87 bits per heavy atom. The molecule has 1 N–H and O–H groups in total. The molecule has 2 aromatic rings. The monoisotopic (exact) mass is 445 g/mol. The second-order valence-electron chi connectivity index (χ2n) is 4.82. The van der Waals surface area contributed by atoms with Gasteiger partial charge in [0.05, 0.1) is 19.8 Å². The van der Waals surface area contributed by atoms with Crippen LogP contribution < -0.4 is 14.8 Å². The summed E-state index contributed by atoms with van der Waals surface area (Å²) in [5.41, 5.74) is 1.65. The van der Waals surface area contributed by atoms with Crippen molar-refractivity contribution in [1.29, 1.82) is 0 Å². The van der Waals surface area contributed by atoms with Gasteiger partial charge in [-0.25, -0.2) is 0 Å². The van der Waals surface area contributed by atoms with Crippen LogP contribution in [-0.4, -0.2) is 26.7 Å². The van der Waals surface area contributed by atoms with Crippen molar-refractivity contribution >= 4 is 40.1 Å². The Morgan fingerprint density at radius 3 is 2.52 bits per heavy atom. The molecular weight excluding hydrogens is 429 g/mol. The fourth-order valence-corrected chi connectivity index (χ4v) is 3.03. The van der Waals surface area contributed by atoms with Crippen LogP contribution in [0.15, 0.2) is 36.4 Å². The molecule has 0 fully saturated rings. The van der Waals surface area contributed by atoms with Crippen LogP contribution >= 0.6 is 34.2 Å². The molecule has 1 amide bonds. The number of hydrogen-bond acceptors (Lipinski definition) is 3. The van der Waals surface area contributed by atoms with E-state index in [2.05, 4.69) is 27.9 Å². The molecule has 0 radical (unpaired) electrons. The zero-order valence-corrected chi connectivity index (χ0v) is 15.8. The summed E-state index contributed by atoms with van der Waals surface area (Å²) in [4.78, 5) is 12.4. The van der Waals surface area contributed by atoms with Gasteiger partial charge in [0.15, 0.2) is 11.5 Å². The van der Waals surface area contributed by atoms with Crippen molar-refractivity contribution in [3.8, 4) is 11.5 Å². The van der Waals surface area contributed by atoms with E-state index in [1.807, 2.05) is 24.3 Å². The van der Waals surface area contributed by atoms with Crippen LogP contribution in [0.4, 0.5) is 0 Å². The molecule has 23 heavy (non-hydrogen) atoms. The minimum atomic E-state index is -0.141. The maximum Gasteiger partial charge on any atom is 0.252 e. The summed E-state index contributed by atoms with van der Waals surface area (Å²) in [5.74, 6) is 0.998. The average Bonchev–Trinajstić information content (AvgIpc) is 2.54. The van der Waals surface area contributed by atoms with E-state index in [-0.39, 0.29) is 5.91 Å². The second kappa shape index (κ2) is 8.40. The summed E-state index contributed by atoms with van der Waals surface area (Å²) in [6, 6.07) is 11.1. The molecule has 4 nitrogen and oxygen atoms in total. The number of halogens is 2. The number of ether oxygens (including phenoxy) is 2. The second-order valence-corrected chi connectivity index (χ2v) is 6.42. The Balaban J connectivity index is 2.03. The third-order valence-corrected chi connectivity index (χ3v) is 4.43. The summed E-state index contributed by atoms with van der Waals surface area (Å²) in [5, 5.41) is 3.61. The molecule has 0 saturated carbocycles. The number of benzene rings is 2. The van der Waals surface area contributed by atoms with Gasteiger partial charge >= 0.3 is 0 Å². The van der Waals surface area contributed by atoms with E-state index in [0.29, 0.717) is 28.6 Å². The number of hydrogen-bond donors (Lipinski definition) is 1. The van der Waals surface area contributed by atoms with Crippen LogP contribution in [-0.2, 0) is 6.42 Å². The number of carbonyl (C=O) groups is 1. The molecular formula is C17H17ClINO3. The Kier molecular flexibility index (Phi) is 6.53. The molecule has 0 unspecified atom stereocenters. The summed E-state index contributed by atoms with van der Waals surface area (Å²) in [7, 11) is 3.12. The predicted molar refractivity (Wildman–Crippen MR) is 99.8 cm³/mol. The Morgan fingerprint density at radius 1 is 1.17 bits per heavy atom. The molecule has 0 aliphatic heterocycles. The van der Waals surface area contributed by atoms with Gasteiger partial charge < -0.3 is 14.8 Å². The molecule has 0 aromatic heterocycles. The van der Waals surface area contributed by atoms with Gasteiger partial charge in [-0.3, -0.25) is 4.79 Å². The minimum absolute atomic E-state index is 0.141. The van der Waals surface area contributed by atoms with Gasteiger partial charge in [-0.1, -0.05) is 23.7 Å². The maximum atomic E-state index is 12.4. The van der Waals surface area contributed by atoms with Crippen molar-refractivity contribution in [2.75, 3.05) is 20.8 Å². The Bertz CT molecular complexity index is 706. The van der Waals surface area contributed by atoms with E-state index in [9.17, 15) is 4.79 Å². The smallest absolute Gasteiger partial charge is 0.252 e. The van der Waals surface area contributed by atoms with E-state index in [0.717, 1.165) is 15.6 Å². The number of methoxy groups -OCH3 is 2. The SMILES string of the molecule is COc1cc(I)c(C(=O)NCCc2cccc(Cl)c2)cc1OC. The highest BCUT2D eigenvalue weighted by atomic mass is 127. The van der Waals surface area contributed by atoms with Gasteiger partial charge in [0, 0.05) is 15.1 Å². The number of rotatable bonds is 6. The van der Waals surface area contributed by atoms with E-state index >= 15 is 0 Å². The van der Waals surface area contributed by atoms with Crippen molar-refractivity contribution in [3.05, 3.63) is 56.1 Å². The summed E-state index contributed by atoms with van der Waals surface area (Å²) in [6.45, 7) is 0.531. The van der Waals surface area contributed by atoms with Crippen LogP contribution in [0.2, 0.25) is 5.02 Å². The number of amides is 1. The standard InChI is InChI=1S/C17H17ClINO3/c1-22-15-9-13(14(19)10-16(15)23-2)17(21)20-7-6-11-4-3-5-12(18)8-11/h3-5,8-10H,6-7H2,1-2H3,(H,20,21). The van der Waals surface area contributed by atoms with Gasteiger partial charge in [0.2, 0.25) is 0 Å². The highest BCUT2D eigenvalue weighted by molar-refractivity contribution is 14.1. The average molecular weight is 446 g/mol. The maximum absolute atomic E-state index is 12.4. The zero-order chi connectivity index (χ0) is 16.8. The quantitative estimate of drug-likeness (QED) is 0.685. The van der Waals surface area contributed by atoms with E-state index in [4.69, 9.17) is 21.1 Å². The topological polar surface area (TPSA) is 47.6 Å². The predicted octanol–water partition coefficient (Wildman–Crippen LogP) is 3.93. The lowest BCUT2D eigenvalue weighted by atomic mass is 10.1. The van der Waals surface area contributed by atoms with E-state index in [1.165, 1.54) is 0 Å². The molecule has 6 heteroatoms. The lowest BCUT2D eigenvalue weighted by molar-refractivity contribution is 0.0953. The van der Waals surface area contributed by atoms with Crippen LogP contribution in [0.3, 0.4) is 0 Å².